The summed E-state index contributed by atoms with van der Waals surface area (Å²) in [6.45, 7) is 8.97. The summed E-state index contributed by atoms with van der Waals surface area (Å²) in [5, 5.41) is 2.98. The van der Waals surface area contributed by atoms with E-state index in [2.05, 4.69) is 5.32 Å². The largest absolute Gasteiger partial charge is 0.493 e. The fourth-order valence-corrected chi connectivity index (χ4v) is 6.04. The molecule has 226 valence electrons. The molecule has 0 fully saturated rings. The number of anilines is 1. The number of rotatable bonds is 12. The lowest BCUT2D eigenvalue weighted by Gasteiger charge is -2.35. The summed E-state index contributed by atoms with van der Waals surface area (Å²) in [5.41, 5.74) is 1.53. The number of hydrogen-bond acceptors (Lipinski definition) is 6. The van der Waals surface area contributed by atoms with Crippen molar-refractivity contribution in [2.24, 2.45) is 0 Å². The van der Waals surface area contributed by atoms with Crippen LogP contribution in [0, 0.1) is 6.92 Å². The molecule has 42 heavy (non-hydrogen) atoms. The number of sulfonamides is 1. The molecule has 0 saturated carbocycles. The minimum absolute atomic E-state index is 0.0235. The van der Waals surface area contributed by atoms with E-state index in [1.54, 1.807) is 30.3 Å². The minimum Gasteiger partial charge on any atom is -0.493 e. The molecule has 2 amide bonds. The van der Waals surface area contributed by atoms with Crippen LogP contribution in [-0.4, -0.2) is 57.5 Å². The number of methoxy groups -OCH3 is 2. The quantitative estimate of drug-likeness (QED) is 0.318. The molecule has 0 spiro atoms. The Kier molecular flexibility index (Phi) is 10.6. The van der Waals surface area contributed by atoms with Crippen molar-refractivity contribution in [1.29, 1.82) is 0 Å². The Morgan fingerprint density at radius 3 is 2.14 bits per heavy atom. The van der Waals surface area contributed by atoms with Crippen LogP contribution in [0.4, 0.5) is 5.69 Å². The first-order chi connectivity index (χ1) is 19.8. The minimum atomic E-state index is -4.20. The van der Waals surface area contributed by atoms with Crippen molar-refractivity contribution in [3.05, 3.63) is 83.9 Å². The summed E-state index contributed by atoms with van der Waals surface area (Å²) in [7, 11) is -1.27. The van der Waals surface area contributed by atoms with E-state index >= 15 is 0 Å². The van der Waals surface area contributed by atoms with E-state index in [0.29, 0.717) is 17.9 Å². The van der Waals surface area contributed by atoms with Crippen LogP contribution in [0.2, 0.25) is 0 Å². The Balaban J connectivity index is 2.12. The summed E-state index contributed by atoms with van der Waals surface area (Å²) in [4.78, 5) is 29.2. The molecule has 1 atom stereocenters. The molecule has 0 saturated heterocycles. The van der Waals surface area contributed by atoms with Gasteiger partial charge in [0.1, 0.15) is 12.6 Å². The Labute approximate surface area is 249 Å². The van der Waals surface area contributed by atoms with Crippen LogP contribution in [0.3, 0.4) is 0 Å². The molecule has 0 aliphatic rings. The van der Waals surface area contributed by atoms with Crippen LogP contribution >= 0.6 is 0 Å². The van der Waals surface area contributed by atoms with Crippen LogP contribution in [-0.2, 0) is 26.2 Å². The average molecular weight is 596 g/mol. The van der Waals surface area contributed by atoms with Crippen molar-refractivity contribution in [2.45, 2.75) is 64.1 Å². The van der Waals surface area contributed by atoms with Crippen LogP contribution in [0.5, 0.6) is 11.5 Å². The second kappa shape index (κ2) is 13.7. The maximum atomic E-state index is 14.2. The first-order valence-corrected chi connectivity index (χ1v) is 15.2. The van der Waals surface area contributed by atoms with Crippen molar-refractivity contribution >= 4 is 27.5 Å². The third-order valence-corrected chi connectivity index (χ3v) is 8.37. The first kappa shape index (κ1) is 32.5. The summed E-state index contributed by atoms with van der Waals surface area (Å²) in [5.74, 6) is -0.116. The van der Waals surface area contributed by atoms with Crippen molar-refractivity contribution in [3.63, 3.8) is 0 Å². The van der Waals surface area contributed by atoms with Gasteiger partial charge >= 0.3 is 0 Å². The molecule has 3 aromatic rings. The van der Waals surface area contributed by atoms with Gasteiger partial charge < -0.3 is 19.7 Å². The van der Waals surface area contributed by atoms with Gasteiger partial charge in [-0.25, -0.2) is 8.42 Å². The zero-order valence-electron chi connectivity index (χ0n) is 25.4. The summed E-state index contributed by atoms with van der Waals surface area (Å²) in [6.07, 6.45) is 0.335. The number of carbonyl (C=O) groups excluding carboxylic acids is 2. The Hall–Kier alpha value is -4.05. The molecule has 3 aromatic carbocycles. The van der Waals surface area contributed by atoms with Crippen LogP contribution in [0.25, 0.3) is 0 Å². The van der Waals surface area contributed by atoms with Gasteiger partial charge in [-0.15, -0.1) is 0 Å². The maximum Gasteiger partial charge on any atom is 0.264 e. The van der Waals surface area contributed by atoms with Crippen LogP contribution < -0.4 is 19.1 Å². The van der Waals surface area contributed by atoms with Crippen molar-refractivity contribution in [2.75, 3.05) is 25.1 Å². The Bertz CT molecular complexity index is 1490. The second-order valence-electron chi connectivity index (χ2n) is 11.0. The number of hydrogen-bond donors (Lipinski definition) is 1. The molecule has 0 radical (unpaired) electrons. The lowest BCUT2D eigenvalue weighted by atomic mass is 10.0. The molecular weight excluding hydrogens is 554 g/mol. The van der Waals surface area contributed by atoms with Gasteiger partial charge in [0, 0.05) is 18.2 Å². The second-order valence-corrected chi connectivity index (χ2v) is 12.9. The van der Waals surface area contributed by atoms with Gasteiger partial charge in [-0.3, -0.25) is 13.9 Å². The lowest BCUT2D eigenvalue weighted by Crippen LogP contribution is -2.55. The van der Waals surface area contributed by atoms with Gasteiger partial charge in [-0.05, 0) is 63.9 Å². The SMILES string of the molecule is CCC(C(=O)NC(C)(C)C)N(Cc1cccc(C)c1)C(=O)CN(c1ccc(OC)c(OC)c1)S(=O)(=O)c1ccccc1. The first-order valence-electron chi connectivity index (χ1n) is 13.8. The van der Waals surface area contributed by atoms with Gasteiger partial charge in [0.25, 0.3) is 10.0 Å². The number of benzene rings is 3. The van der Waals surface area contributed by atoms with Crippen molar-refractivity contribution in [1.82, 2.24) is 10.2 Å². The zero-order valence-corrected chi connectivity index (χ0v) is 26.2. The predicted octanol–water partition coefficient (Wildman–Crippen LogP) is 4.93. The monoisotopic (exact) mass is 595 g/mol. The van der Waals surface area contributed by atoms with Gasteiger partial charge in [0.15, 0.2) is 11.5 Å². The molecule has 1 N–H and O–H groups in total. The third-order valence-electron chi connectivity index (χ3n) is 6.58. The highest BCUT2D eigenvalue weighted by molar-refractivity contribution is 7.92. The van der Waals surface area contributed by atoms with Gasteiger partial charge in [0.2, 0.25) is 11.8 Å². The summed E-state index contributed by atoms with van der Waals surface area (Å²) < 4.78 is 39.8. The van der Waals surface area contributed by atoms with Crippen LogP contribution in [0.15, 0.2) is 77.7 Å². The molecule has 0 heterocycles. The number of carbonyl (C=O) groups is 2. The molecule has 0 aliphatic heterocycles. The number of nitrogens with zero attached hydrogens (tertiary/aromatic N) is 2. The fourth-order valence-electron chi connectivity index (χ4n) is 4.61. The van der Waals surface area contributed by atoms with Crippen LogP contribution in [0.1, 0.15) is 45.2 Å². The molecule has 3 rings (SSSR count). The molecule has 0 bridgehead atoms. The van der Waals surface area contributed by atoms with Crippen molar-refractivity contribution in [3.8, 4) is 11.5 Å². The zero-order chi connectivity index (χ0) is 31.1. The third kappa shape index (κ3) is 8.03. The Morgan fingerprint density at radius 2 is 1.57 bits per heavy atom. The topological polar surface area (TPSA) is 105 Å². The molecular formula is C32H41N3O6S. The highest BCUT2D eigenvalue weighted by atomic mass is 32.2. The Morgan fingerprint density at radius 1 is 0.905 bits per heavy atom. The molecule has 0 aliphatic carbocycles. The molecule has 1 unspecified atom stereocenters. The van der Waals surface area contributed by atoms with E-state index in [4.69, 9.17) is 9.47 Å². The maximum absolute atomic E-state index is 14.2. The lowest BCUT2D eigenvalue weighted by molar-refractivity contribution is -0.141. The summed E-state index contributed by atoms with van der Waals surface area (Å²) >= 11 is 0. The van der Waals surface area contributed by atoms with Gasteiger partial charge in [-0.1, -0.05) is 55.0 Å². The van der Waals surface area contributed by atoms with E-state index < -0.39 is 34.1 Å². The molecule has 0 aromatic heterocycles. The average Bonchev–Trinajstić information content (AvgIpc) is 2.94. The standard InChI is InChI=1S/C32H41N3O6S/c1-8-27(31(37)33-32(3,4)5)34(21-24-14-12-13-23(2)19-24)30(36)22-35(42(38,39)26-15-10-9-11-16-26)25-17-18-28(40-6)29(20-25)41-7/h9-20,27H,8,21-22H2,1-7H3,(H,33,37). The van der Waals surface area contributed by atoms with E-state index in [9.17, 15) is 18.0 Å². The highest BCUT2D eigenvalue weighted by Gasteiger charge is 2.35. The number of nitrogens with one attached hydrogen (secondary N) is 1. The number of amides is 2. The van der Waals surface area contributed by atoms with E-state index in [1.807, 2.05) is 58.9 Å². The van der Waals surface area contributed by atoms with Crippen molar-refractivity contribution < 1.29 is 27.5 Å². The fraction of sp³-hybridized carbons (Fsp3) is 0.375. The van der Waals surface area contributed by atoms with E-state index in [0.717, 1.165) is 15.4 Å². The summed E-state index contributed by atoms with van der Waals surface area (Å²) in [6, 6.07) is 19.4. The number of ether oxygens (including phenoxy) is 2. The molecule has 9 nitrogen and oxygen atoms in total. The predicted molar refractivity (Wildman–Crippen MR) is 164 cm³/mol. The van der Waals surface area contributed by atoms with E-state index in [1.165, 1.54) is 37.3 Å². The molecule has 10 heteroatoms. The van der Waals surface area contributed by atoms with E-state index in [-0.39, 0.29) is 23.0 Å². The highest BCUT2D eigenvalue weighted by Crippen LogP contribution is 2.34. The smallest absolute Gasteiger partial charge is 0.264 e. The normalized spacial score (nSPS) is 12.3. The van der Waals surface area contributed by atoms with Gasteiger partial charge in [-0.2, -0.15) is 0 Å². The van der Waals surface area contributed by atoms with Gasteiger partial charge in [0.05, 0.1) is 24.8 Å². The number of aryl methyl sites for hydroxylation is 1.